The van der Waals surface area contributed by atoms with Gasteiger partial charge in [-0.3, -0.25) is 0 Å². The van der Waals surface area contributed by atoms with Gasteiger partial charge < -0.3 is 50.2 Å². The number of ether oxygens (including phenoxy) is 5. The van der Waals surface area contributed by atoms with E-state index in [2.05, 4.69) is 0 Å². The predicted molar refractivity (Wildman–Crippen MR) is 145 cm³/mol. The molecular weight excluding hydrogens is 520 g/mol. The van der Waals surface area contributed by atoms with Gasteiger partial charge >= 0.3 is 17.6 Å². The normalized spacial score (nSPS) is 12.5. The molecule has 0 rings (SSSR count). The van der Waals surface area contributed by atoms with Gasteiger partial charge in [0.25, 0.3) is 0 Å². The van der Waals surface area contributed by atoms with Gasteiger partial charge in [0.1, 0.15) is 0 Å². The van der Waals surface area contributed by atoms with E-state index in [4.69, 9.17) is 50.2 Å². The SMILES string of the molecule is CCO[Si](CCOCCOCCOCCOCCOCC[Si](OCC)(OCC)OCC)(OCC)OCC. The van der Waals surface area contributed by atoms with E-state index in [9.17, 15) is 0 Å². The van der Waals surface area contributed by atoms with Gasteiger partial charge in [-0.05, 0) is 41.5 Å². The predicted octanol–water partition coefficient (Wildman–Crippen LogP) is 3.17. The van der Waals surface area contributed by atoms with Crippen LogP contribution in [0, 0.1) is 0 Å². The van der Waals surface area contributed by atoms with Gasteiger partial charge in [-0.2, -0.15) is 0 Å². The van der Waals surface area contributed by atoms with Crippen LogP contribution in [0.4, 0.5) is 0 Å². The maximum Gasteiger partial charge on any atom is 0.503 e. The number of hydrogen-bond acceptors (Lipinski definition) is 11. The molecule has 0 radical (unpaired) electrons. The van der Waals surface area contributed by atoms with Gasteiger partial charge in [0.05, 0.1) is 66.1 Å². The molecule has 0 aromatic rings. The zero-order valence-corrected chi connectivity index (χ0v) is 26.2. The molecule has 0 aliphatic rings. The van der Waals surface area contributed by atoms with Gasteiger partial charge in [0, 0.05) is 51.7 Å². The van der Waals surface area contributed by atoms with E-state index >= 15 is 0 Å². The second-order valence-corrected chi connectivity index (χ2v) is 13.0. The zero-order valence-electron chi connectivity index (χ0n) is 24.2. The highest BCUT2D eigenvalue weighted by atomic mass is 28.4. The molecule has 0 bridgehead atoms. The lowest BCUT2D eigenvalue weighted by Crippen LogP contribution is -2.46. The quantitative estimate of drug-likeness (QED) is 0.0934. The highest BCUT2D eigenvalue weighted by molar-refractivity contribution is 6.61. The molecule has 0 aromatic carbocycles. The Labute approximate surface area is 227 Å². The van der Waals surface area contributed by atoms with Crippen molar-refractivity contribution in [3.8, 4) is 0 Å². The molecule has 0 saturated heterocycles. The van der Waals surface area contributed by atoms with Crippen molar-refractivity contribution in [3.63, 3.8) is 0 Å². The molecular formula is C24H54O11Si2. The van der Waals surface area contributed by atoms with Crippen molar-refractivity contribution in [2.24, 2.45) is 0 Å². The summed E-state index contributed by atoms with van der Waals surface area (Å²) >= 11 is 0. The molecule has 11 nitrogen and oxygen atoms in total. The Kier molecular flexibility index (Phi) is 26.2. The van der Waals surface area contributed by atoms with Gasteiger partial charge in [-0.1, -0.05) is 0 Å². The van der Waals surface area contributed by atoms with Crippen LogP contribution in [0.15, 0.2) is 0 Å². The summed E-state index contributed by atoms with van der Waals surface area (Å²) < 4.78 is 62.8. The maximum atomic E-state index is 5.81. The Hall–Kier alpha value is -0.00623. The first-order valence-corrected chi connectivity index (χ1v) is 17.7. The highest BCUT2D eigenvalue weighted by Crippen LogP contribution is 2.17. The molecule has 0 atom stereocenters. The van der Waals surface area contributed by atoms with Crippen molar-refractivity contribution in [3.05, 3.63) is 0 Å². The second-order valence-electron chi connectivity index (χ2n) is 7.53. The monoisotopic (exact) mass is 574 g/mol. The van der Waals surface area contributed by atoms with Crippen LogP contribution in [-0.4, -0.2) is 123 Å². The molecule has 37 heavy (non-hydrogen) atoms. The van der Waals surface area contributed by atoms with E-state index in [1.54, 1.807) is 0 Å². The zero-order chi connectivity index (χ0) is 27.5. The van der Waals surface area contributed by atoms with Gasteiger partial charge in [-0.15, -0.1) is 0 Å². The summed E-state index contributed by atoms with van der Waals surface area (Å²) in [5, 5.41) is 0. The Bertz CT molecular complexity index is 404. The van der Waals surface area contributed by atoms with Crippen molar-refractivity contribution < 1.29 is 50.2 Å². The molecule has 224 valence electrons. The van der Waals surface area contributed by atoms with E-state index in [0.717, 1.165) is 0 Å². The molecule has 13 heteroatoms. The van der Waals surface area contributed by atoms with Crippen LogP contribution < -0.4 is 0 Å². The molecule has 0 spiro atoms. The van der Waals surface area contributed by atoms with Gasteiger partial charge in [0.15, 0.2) is 0 Å². The van der Waals surface area contributed by atoms with Gasteiger partial charge in [0.2, 0.25) is 0 Å². The average Bonchev–Trinajstić information content (AvgIpc) is 2.87. The Morgan fingerprint density at radius 2 is 0.486 bits per heavy atom. The molecule has 0 saturated carbocycles. The highest BCUT2D eigenvalue weighted by Gasteiger charge is 2.40. The van der Waals surface area contributed by atoms with Crippen LogP contribution in [0.3, 0.4) is 0 Å². The summed E-state index contributed by atoms with van der Waals surface area (Å²) in [5.41, 5.74) is 0. The maximum absolute atomic E-state index is 5.81. The third-order valence-electron chi connectivity index (χ3n) is 4.78. The van der Waals surface area contributed by atoms with Crippen LogP contribution >= 0.6 is 0 Å². The third kappa shape index (κ3) is 19.7. The number of rotatable bonds is 30. The lowest BCUT2D eigenvalue weighted by atomic mass is 10.7. The summed E-state index contributed by atoms with van der Waals surface area (Å²) in [5.74, 6) is 0. The minimum absolute atomic E-state index is 0.501. The smallest absolute Gasteiger partial charge is 0.379 e. The molecule has 0 aliphatic heterocycles. The van der Waals surface area contributed by atoms with E-state index < -0.39 is 17.6 Å². The minimum Gasteiger partial charge on any atom is -0.379 e. The van der Waals surface area contributed by atoms with Gasteiger partial charge in [-0.25, -0.2) is 0 Å². The third-order valence-corrected chi connectivity index (χ3v) is 10.8. The average molecular weight is 575 g/mol. The second kappa shape index (κ2) is 26.2. The Morgan fingerprint density at radius 1 is 0.297 bits per heavy atom. The fourth-order valence-electron chi connectivity index (χ4n) is 3.38. The molecule has 0 aliphatic carbocycles. The fraction of sp³-hybridized carbons (Fsp3) is 1.00. The van der Waals surface area contributed by atoms with E-state index in [0.29, 0.717) is 118 Å². The summed E-state index contributed by atoms with van der Waals surface area (Å²) in [6.07, 6.45) is 0. The molecule has 0 unspecified atom stereocenters. The van der Waals surface area contributed by atoms with E-state index in [1.165, 1.54) is 0 Å². The first kappa shape index (κ1) is 37.0. The first-order valence-electron chi connectivity index (χ1n) is 13.8. The van der Waals surface area contributed by atoms with Crippen LogP contribution in [0.5, 0.6) is 0 Å². The summed E-state index contributed by atoms with van der Waals surface area (Å²) in [7, 11) is -5.28. The minimum atomic E-state index is -2.64. The van der Waals surface area contributed by atoms with Crippen molar-refractivity contribution in [2.45, 2.75) is 53.6 Å². The summed E-state index contributed by atoms with van der Waals surface area (Å²) in [6, 6.07) is 1.26. The lowest BCUT2D eigenvalue weighted by molar-refractivity contribution is -0.0117. The van der Waals surface area contributed by atoms with Crippen LogP contribution in [0.25, 0.3) is 0 Å². The van der Waals surface area contributed by atoms with E-state index in [-0.39, 0.29) is 0 Å². The molecule has 0 amide bonds. The lowest BCUT2D eigenvalue weighted by Gasteiger charge is -2.28. The van der Waals surface area contributed by atoms with Crippen molar-refractivity contribution in [1.82, 2.24) is 0 Å². The van der Waals surface area contributed by atoms with Crippen LogP contribution in [0.2, 0.25) is 12.1 Å². The molecule has 0 N–H and O–H groups in total. The molecule has 0 aromatic heterocycles. The molecule has 0 heterocycles. The summed E-state index contributed by atoms with van der Waals surface area (Å²) in [4.78, 5) is 0. The standard InChI is InChI=1S/C24H54O11Si2/c1-7-30-36(31-8-2,32-9-3)23-21-28-19-17-26-15-13-25-14-16-27-18-20-29-22-24-37(33-10-4,34-11-5)35-12-6/h7-24H2,1-6H3. The van der Waals surface area contributed by atoms with Crippen LogP contribution in [-0.2, 0) is 50.2 Å². The Balaban J connectivity index is 3.63. The van der Waals surface area contributed by atoms with Crippen molar-refractivity contribution in [1.29, 1.82) is 0 Å². The van der Waals surface area contributed by atoms with E-state index in [1.807, 2.05) is 41.5 Å². The van der Waals surface area contributed by atoms with Crippen molar-refractivity contribution >= 4 is 17.6 Å². The largest absolute Gasteiger partial charge is 0.503 e. The topological polar surface area (TPSA) is 102 Å². The van der Waals surface area contributed by atoms with Crippen LogP contribution in [0.1, 0.15) is 41.5 Å². The fourth-order valence-corrected chi connectivity index (χ4v) is 8.17. The Morgan fingerprint density at radius 3 is 0.676 bits per heavy atom. The number of hydrogen-bond donors (Lipinski definition) is 0. The first-order chi connectivity index (χ1) is 18.1. The van der Waals surface area contributed by atoms with Crippen molar-refractivity contribution in [2.75, 3.05) is 106 Å². The summed E-state index contributed by atoms with van der Waals surface area (Å²) in [6.45, 7) is 20.1. The molecule has 0 fully saturated rings.